The molecule has 0 aliphatic rings. The van der Waals surface area contributed by atoms with Gasteiger partial charge in [-0.3, -0.25) is 4.79 Å². The first-order valence-corrected chi connectivity index (χ1v) is 5.96. The van der Waals surface area contributed by atoms with Crippen molar-refractivity contribution in [2.45, 2.75) is 26.3 Å². The van der Waals surface area contributed by atoms with Crippen LogP contribution in [-0.4, -0.2) is 25.1 Å². The number of benzene rings is 1. The van der Waals surface area contributed by atoms with Gasteiger partial charge in [-0.05, 0) is 31.5 Å². The van der Waals surface area contributed by atoms with Crippen LogP contribution in [0.4, 0.5) is 4.39 Å². The van der Waals surface area contributed by atoms with Crippen LogP contribution >= 0.6 is 0 Å². The standard InChI is InChI=1S/C13H19FN2O2/c1-3-7-16-10(13(15)17)8-18-11-6-4-5-9(2)12(11)14/h4-6,10,16H,3,7-8H2,1-2H3,(H2,15,17). The van der Waals surface area contributed by atoms with Gasteiger partial charge >= 0.3 is 0 Å². The van der Waals surface area contributed by atoms with Gasteiger partial charge in [-0.2, -0.15) is 0 Å². The van der Waals surface area contributed by atoms with Crippen molar-refractivity contribution in [3.05, 3.63) is 29.6 Å². The monoisotopic (exact) mass is 254 g/mol. The number of nitrogens with two attached hydrogens (primary N) is 1. The van der Waals surface area contributed by atoms with Gasteiger partial charge in [0.2, 0.25) is 5.91 Å². The van der Waals surface area contributed by atoms with Crippen molar-refractivity contribution in [3.63, 3.8) is 0 Å². The normalized spacial score (nSPS) is 12.2. The van der Waals surface area contributed by atoms with Crippen molar-refractivity contribution in [1.29, 1.82) is 0 Å². The zero-order chi connectivity index (χ0) is 13.5. The number of nitrogens with one attached hydrogen (secondary N) is 1. The molecule has 0 saturated carbocycles. The van der Waals surface area contributed by atoms with Crippen molar-refractivity contribution in [3.8, 4) is 5.75 Å². The smallest absolute Gasteiger partial charge is 0.238 e. The van der Waals surface area contributed by atoms with Crippen LogP contribution in [0, 0.1) is 12.7 Å². The highest BCUT2D eigenvalue weighted by molar-refractivity contribution is 5.80. The number of aryl methyl sites for hydroxylation is 1. The van der Waals surface area contributed by atoms with Crippen molar-refractivity contribution in [1.82, 2.24) is 5.32 Å². The SMILES string of the molecule is CCCNC(COc1cccc(C)c1F)C(N)=O. The van der Waals surface area contributed by atoms with Gasteiger partial charge in [0.25, 0.3) is 0 Å². The van der Waals surface area contributed by atoms with E-state index in [1.807, 2.05) is 6.92 Å². The van der Waals surface area contributed by atoms with Crippen LogP contribution in [0.5, 0.6) is 5.75 Å². The first-order valence-electron chi connectivity index (χ1n) is 5.96. The minimum Gasteiger partial charge on any atom is -0.488 e. The van der Waals surface area contributed by atoms with E-state index in [1.165, 1.54) is 6.07 Å². The maximum Gasteiger partial charge on any atom is 0.238 e. The van der Waals surface area contributed by atoms with E-state index in [9.17, 15) is 9.18 Å². The summed E-state index contributed by atoms with van der Waals surface area (Å²) in [4.78, 5) is 11.2. The molecule has 0 aromatic heterocycles. The molecule has 3 N–H and O–H groups in total. The highest BCUT2D eigenvalue weighted by atomic mass is 19.1. The Bertz CT molecular complexity index is 410. The molecule has 100 valence electrons. The molecule has 1 unspecified atom stereocenters. The molecule has 5 heteroatoms. The predicted molar refractivity (Wildman–Crippen MR) is 67.9 cm³/mol. The quantitative estimate of drug-likeness (QED) is 0.772. The number of halogens is 1. The molecule has 18 heavy (non-hydrogen) atoms. The van der Waals surface area contributed by atoms with Crippen molar-refractivity contribution >= 4 is 5.91 Å². The summed E-state index contributed by atoms with van der Waals surface area (Å²) in [5, 5.41) is 2.95. The van der Waals surface area contributed by atoms with Crippen LogP contribution in [-0.2, 0) is 4.79 Å². The second-order valence-corrected chi connectivity index (χ2v) is 4.11. The Morgan fingerprint density at radius 1 is 1.56 bits per heavy atom. The van der Waals surface area contributed by atoms with Crippen molar-refractivity contribution in [2.24, 2.45) is 5.73 Å². The molecule has 0 aliphatic carbocycles. The Morgan fingerprint density at radius 3 is 2.89 bits per heavy atom. The van der Waals surface area contributed by atoms with Crippen LogP contribution in [0.2, 0.25) is 0 Å². The average Bonchev–Trinajstić information content (AvgIpc) is 2.33. The number of carbonyl (C=O) groups excluding carboxylic acids is 1. The lowest BCUT2D eigenvalue weighted by Crippen LogP contribution is -2.45. The van der Waals surface area contributed by atoms with Crippen LogP contribution < -0.4 is 15.8 Å². The van der Waals surface area contributed by atoms with E-state index in [0.717, 1.165) is 6.42 Å². The van der Waals surface area contributed by atoms with Gasteiger partial charge < -0.3 is 15.8 Å². The van der Waals surface area contributed by atoms with E-state index in [1.54, 1.807) is 19.1 Å². The molecule has 4 nitrogen and oxygen atoms in total. The molecule has 1 amide bonds. The van der Waals surface area contributed by atoms with E-state index < -0.39 is 17.8 Å². The summed E-state index contributed by atoms with van der Waals surface area (Å²) < 4.78 is 18.9. The number of amides is 1. The minimum atomic E-state index is -0.607. The lowest BCUT2D eigenvalue weighted by atomic mass is 10.2. The first kappa shape index (κ1) is 14.4. The number of rotatable bonds is 7. The third kappa shape index (κ3) is 4.00. The fraction of sp³-hybridized carbons (Fsp3) is 0.462. The summed E-state index contributed by atoms with van der Waals surface area (Å²) in [7, 11) is 0. The topological polar surface area (TPSA) is 64.3 Å². The minimum absolute atomic E-state index is 0.0235. The first-order chi connectivity index (χ1) is 8.56. The summed E-state index contributed by atoms with van der Waals surface area (Å²) in [6.07, 6.45) is 0.878. The summed E-state index contributed by atoms with van der Waals surface area (Å²) in [6, 6.07) is 4.28. The molecule has 0 aliphatic heterocycles. The lowest BCUT2D eigenvalue weighted by Gasteiger charge is -2.16. The molecule has 0 saturated heterocycles. The van der Waals surface area contributed by atoms with Crippen LogP contribution in [0.3, 0.4) is 0 Å². The molecule has 1 rings (SSSR count). The average molecular weight is 254 g/mol. The number of primary amides is 1. The number of hydrogen-bond acceptors (Lipinski definition) is 3. The summed E-state index contributed by atoms with van der Waals surface area (Å²) >= 11 is 0. The van der Waals surface area contributed by atoms with E-state index >= 15 is 0 Å². The Balaban J connectivity index is 2.61. The Labute approximate surface area is 106 Å². The lowest BCUT2D eigenvalue weighted by molar-refractivity contribution is -0.120. The molecule has 0 radical (unpaired) electrons. The van der Waals surface area contributed by atoms with Gasteiger partial charge in [0.1, 0.15) is 12.6 Å². The van der Waals surface area contributed by atoms with Gasteiger partial charge in [-0.15, -0.1) is 0 Å². The van der Waals surface area contributed by atoms with Crippen LogP contribution in [0.15, 0.2) is 18.2 Å². The summed E-state index contributed by atoms with van der Waals surface area (Å²) in [5.41, 5.74) is 5.74. The van der Waals surface area contributed by atoms with Crippen molar-refractivity contribution < 1.29 is 13.9 Å². The van der Waals surface area contributed by atoms with Gasteiger partial charge in [0.05, 0.1) is 0 Å². The molecule has 0 fully saturated rings. The van der Waals surface area contributed by atoms with Gasteiger partial charge in [0.15, 0.2) is 11.6 Å². The molecule has 1 aromatic carbocycles. The van der Waals surface area contributed by atoms with Gasteiger partial charge in [0, 0.05) is 0 Å². The molecule has 1 atom stereocenters. The largest absolute Gasteiger partial charge is 0.488 e. The third-order valence-electron chi connectivity index (χ3n) is 2.55. The molecular formula is C13H19FN2O2. The van der Waals surface area contributed by atoms with Crippen LogP contribution in [0.25, 0.3) is 0 Å². The maximum atomic E-state index is 13.6. The molecule has 0 heterocycles. The molecule has 0 bridgehead atoms. The highest BCUT2D eigenvalue weighted by Crippen LogP contribution is 2.19. The van der Waals surface area contributed by atoms with E-state index in [0.29, 0.717) is 12.1 Å². The summed E-state index contributed by atoms with van der Waals surface area (Å²) in [5.74, 6) is -0.771. The Morgan fingerprint density at radius 2 is 2.28 bits per heavy atom. The Hall–Kier alpha value is -1.62. The fourth-order valence-electron chi connectivity index (χ4n) is 1.47. The Kier molecular flexibility index (Phi) is 5.58. The van der Waals surface area contributed by atoms with Gasteiger partial charge in [-0.1, -0.05) is 19.1 Å². The van der Waals surface area contributed by atoms with E-state index in [4.69, 9.17) is 10.5 Å². The maximum absolute atomic E-state index is 13.6. The molecule has 1 aromatic rings. The molecule has 0 spiro atoms. The fourth-order valence-corrected chi connectivity index (χ4v) is 1.47. The number of carbonyl (C=O) groups is 1. The number of ether oxygens (including phenoxy) is 1. The van der Waals surface area contributed by atoms with Crippen molar-refractivity contribution in [2.75, 3.05) is 13.2 Å². The van der Waals surface area contributed by atoms with E-state index in [2.05, 4.69) is 5.32 Å². The van der Waals surface area contributed by atoms with Crippen LogP contribution in [0.1, 0.15) is 18.9 Å². The third-order valence-corrected chi connectivity index (χ3v) is 2.55. The zero-order valence-corrected chi connectivity index (χ0v) is 10.7. The zero-order valence-electron chi connectivity index (χ0n) is 10.7. The number of hydrogen-bond donors (Lipinski definition) is 2. The predicted octanol–water partition coefficient (Wildman–Crippen LogP) is 1.37. The molecular weight excluding hydrogens is 235 g/mol. The van der Waals surface area contributed by atoms with Gasteiger partial charge in [-0.25, -0.2) is 4.39 Å². The second kappa shape index (κ2) is 6.96. The second-order valence-electron chi connectivity index (χ2n) is 4.11. The highest BCUT2D eigenvalue weighted by Gasteiger charge is 2.16. The summed E-state index contributed by atoms with van der Waals surface area (Å²) in [6.45, 7) is 4.32. The van der Waals surface area contributed by atoms with E-state index in [-0.39, 0.29) is 12.4 Å².